The topological polar surface area (TPSA) is 50.4 Å². The third-order valence-corrected chi connectivity index (χ3v) is 4.41. The van der Waals surface area contributed by atoms with Crippen LogP contribution in [0.3, 0.4) is 0 Å². The van der Waals surface area contributed by atoms with Gasteiger partial charge in [-0.2, -0.15) is 13.2 Å². The minimum absolute atomic E-state index is 0.00565. The lowest BCUT2D eigenvalue weighted by atomic mass is 9.87. The third kappa shape index (κ3) is 5.11. The molecule has 0 radical (unpaired) electrons. The third-order valence-electron chi connectivity index (χ3n) is 4.41. The molecule has 0 aliphatic carbocycles. The average Bonchev–Trinajstić information content (AvgIpc) is 2.50. The maximum Gasteiger partial charge on any atom is 0.416 e. The molecule has 1 atom stereocenters. The Hall–Kier alpha value is -1.76. The number of nitrogens with one attached hydrogen (secondary N) is 2. The molecule has 1 saturated heterocycles. The molecule has 1 unspecified atom stereocenters. The standard InChI is InChI=1S/C18H25F3N2O2/c1-3-4-5-7-13(2)22-16(24)23-17(11-25-12-17)14-8-6-9-15(10-14)18(19,20)21/h6,8-10,13H,3-5,7,11-12H2,1-2H3,(H2,22,23,24). The van der Waals surface area contributed by atoms with Crippen LogP contribution in [-0.2, 0) is 16.5 Å². The first kappa shape index (κ1) is 19.6. The van der Waals surface area contributed by atoms with Gasteiger partial charge in [-0.1, -0.05) is 38.3 Å². The molecule has 0 bridgehead atoms. The summed E-state index contributed by atoms with van der Waals surface area (Å²) in [5.74, 6) is 0. The molecule has 1 aromatic rings. The first-order valence-corrected chi connectivity index (χ1v) is 8.61. The van der Waals surface area contributed by atoms with E-state index in [9.17, 15) is 18.0 Å². The molecule has 0 aromatic heterocycles. The van der Waals surface area contributed by atoms with Gasteiger partial charge in [0.05, 0.1) is 18.8 Å². The molecular weight excluding hydrogens is 333 g/mol. The minimum Gasteiger partial charge on any atom is -0.376 e. The SMILES string of the molecule is CCCCCC(C)NC(=O)NC1(c2cccc(C(F)(F)F)c2)COC1. The van der Waals surface area contributed by atoms with Crippen LogP contribution < -0.4 is 10.6 Å². The van der Waals surface area contributed by atoms with Crippen LogP contribution >= 0.6 is 0 Å². The summed E-state index contributed by atoms with van der Waals surface area (Å²) >= 11 is 0. The van der Waals surface area contributed by atoms with Crippen LogP contribution in [0.15, 0.2) is 24.3 Å². The van der Waals surface area contributed by atoms with Crippen LogP contribution in [0.25, 0.3) is 0 Å². The van der Waals surface area contributed by atoms with E-state index in [0.29, 0.717) is 5.56 Å². The molecule has 0 spiro atoms. The second-order valence-corrected chi connectivity index (χ2v) is 6.65. The van der Waals surface area contributed by atoms with Crippen molar-refractivity contribution in [2.45, 2.75) is 57.3 Å². The number of unbranched alkanes of at least 4 members (excludes halogenated alkanes) is 2. The van der Waals surface area contributed by atoms with E-state index in [0.717, 1.165) is 37.8 Å². The van der Waals surface area contributed by atoms with Crippen LogP contribution in [0.1, 0.15) is 50.7 Å². The number of carbonyl (C=O) groups excluding carboxylic acids is 1. The number of ether oxygens (including phenoxy) is 1. The Morgan fingerprint density at radius 1 is 1.32 bits per heavy atom. The molecule has 2 amide bonds. The number of hydrogen-bond donors (Lipinski definition) is 2. The van der Waals surface area contributed by atoms with Crippen molar-refractivity contribution >= 4 is 6.03 Å². The van der Waals surface area contributed by atoms with Crippen molar-refractivity contribution in [3.05, 3.63) is 35.4 Å². The summed E-state index contributed by atoms with van der Waals surface area (Å²) in [6.07, 6.45) is -0.309. The molecule has 140 valence electrons. The van der Waals surface area contributed by atoms with Crippen LogP contribution in [0.4, 0.5) is 18.0 Å². The predicted octanol–water partition coefficient (Wildman–Crippen LogP) is 4.20. The van der Waals surface area contributed by atoms with Crippen molar-refractivity contribution in [2.24, 2.45) is 0 Å². The van der Waals surface area contributed by atoms with Gasteiger partial charge in [0, 0.05) is 6.04 Å². The lowest BCUT2D eigenvalue weighted by Crippen LogP contribution is -2.62. The first-order valence-electron chi connectivity index (χ1n) is 8.61. The average molecular weight is 358 g/mol. The molecule has 1 aliphatic rings. The van der Waals surface area contributed by atoms with E-state index in [1.165, 1.54) is 6.07 Å². The molecule has 2 N–H and O–H groups in total. The van der Waals surface area contributed by atoms with E-state index in [4.69, 9.17) is 4.74 Å². The van der Waals surface area contributed by atoms with E-state index in [1.54, 1.807) is 6.07 Å². The zero-order valence-electron chi connectivity index (χ0n) is 14.6. The minimum atomic E-state index is -4.42. The second kappa shape index (κ2) is 8.08. The smallest absolute Gasteiger partial charge is 0.376 e. The number of amides is 2. The van der Waals surface area contributed by atoms with Crippen molar-refractivity contribution in [1.29, 1.82) is 0 Å². The highest BCUT2D eigenvalue weighted by Crippen LogP contribution is 2.35. The monoisotopic (exact) mass is 358 g/mol. The van der Waals surface area contributed by atoms with Gasteiger partial charge in [0.2, 0.25) is 0 Å². The van der Waals surface area contributed by atoms with Crippen molar-refractivity contribution in [3.63, 3.8) is 0 Å². The van der Waals surface area contributed by atoms with E-state index < -0.39 is 17.3 Å². The van der Waals surface area contributed by atoms with Gasteiger partial charge in [-0.05, 0) is 31.0 Å². The Labute approximate surface area is 146 Å². The molecule has 1 aromatic carbocycles. The van der Waals surface area contributed by atoms with Gasteiger partial charge in [-0.15, -0.1) is 0 Å². The summed E-state index contributed by atoms with van der Waals surface area (Å²) < 4.78 is 44.0. The molecule has 1 heterocycles. The molecule has 2 rings (SSSR count). The lowest BCUT2D eigenvalue weighted by Gasteiger charge is -2.42. The van der Waals surface area contributed by atoms with Crippen molar-refractivity contribution in [1.82, 2.24) is 10.6 Å². The summed E-state index contributed by atoms with van der Waals surface area (Å²) in [6, 6.07) is 4.66. The quantitative estimate of drug-likeness (QED) is 0.718. The zero-order chi connectivity index (χ0) is 18.5. The summed E-state index contributed by atoms with van der Waals surface area (Å²) in [6.45, 7) is 4.35. The Kier molecular flexibility index (Phi) is 6.32. The molecule has 4 nitrogen and oxygen atoms in total. The van der Waals surface area contributed by atoms with Crippen LogP contribution in [0.2, 0.25) is 0 Å². The van der Waals surface area contributed by atoms with E-state index in [-0.39, 0.29) is 25.3 Å². The van der Waals surface area contributed by atoms with Gasteiger partial charge in [0.15, 0.2) is 0 Å². The molecule has 1 fully saturated rings. The van der Waals surface area contributed by atoms with E-state index in [1.807, 2.05) is 6.92 Å². The van der Waals surface area contributed by atoms with Crippen LogP contribution in [0, 0.1) is 0 Å². The highest BCUT2D eigenvalue weighted by Gasteiger charge is 2.43. The normalized spacial score (nSPS) is 17.5. The number of alkyl halides is 3. The first-order chi connectivity index (χ1) is 11.8. The molecular formula is C18H25F3N2O2. The van der Waals surface area contributed by atoms with Crippen LogP contribution in [0.5, 0.6) is 0 Å². The number of hydrogen-bond acceptors (Lipinski definition) is 2. The van der Waals surface area contributed by atoms with E-state index in [2.05, 4.69) is 17.6 Å². The van der Waals surface area contributed by atoms with Gasteiger partial charge in [-0.25, -0.2) is 4.79 Å². The van der Waals surface area contributed by atoms with Crippen molar-refractivity contribution < 1.29 is 22.7 Å². The number of urea groups is 1. The Morgan fingerprint density at radius 2 is 2.04 bits per heavy atom. The largest absolute Gasteiger partial charge is 0.416 e. The van der Waals surface area contributed by atoms with Gasteiger partial charge in [-0.3, -0.25) is 0 Å². The Morgan fingerprint density at radius 3 is 2.60 bits per heavy atom. The van der Waals surface area contributed by atoms with Gasteiger partial charge in [0.25, 0.3) is 0 Å². The van der Waals surface area contributed by atoms with Crippen molar-refractivity contribution in [2.75, 3.05) is 13.2 Å². The zero-order valence-corrected chi connectivity index (χ0v) is 14.6. The fraction of sp³-hybridized carbons (Fsp3) is 0.611. The number of carbonyl (C=O) groups is 1. The van der Waals surface area contributed by atoms with Crippen LogP contribution in [-0.4, -0.2) is 25.3 Å². The number of benzene rings is 1. The Bertz CT molecular complexity index is 586. The number of rotatable bonds is 7. The van der Waals surface area contributed by atoms with Gasteiger partial charge >= 0.3 is 12.2 Å². The summed E-state index contributed by atoms with van der Waals surface area (Å²) in [5, 5.41) is 5.65. The fourth-order valence-corrected chi connectivity index (χ4v) is 2.86. The van der Waals surface area contributed by atoms with E-state index >= 15 is 0 Å². The highest BCUT2D eigenvalue weighted by atomic mass is 19.4. The lowest BCUT2D eigenvalue weighted by molar-refractivity contribution is -0.137. The second-order valence-electron chi connectivity index (χ2n) is 6.65. The van der Waals surface area contributed by atoms with Gasteiger partial charge in [0.1, 0.15) is 5.54 Å². The molecule has 25 heavy (non-hydrogen) atoms. The summed E-state index contributed by atoms with van der Waals surface area (Å²) in [7, 11) is 0. The maximum absolute atomic E-state index is 12.9. The van der Waals surface area contributed by atoms with Crippen molar-refractivity contribution in [3.8, 4) is 0 Å². The Balaban J connectivity index is 2.02. The number of halogens is 3. The molecule has 0 saturated carbocycles. The molecule has 1 aliphatic heterocycles. The molecule has 7 heteroatoms. The highest BCUT2D eigenvalue weighted by molar-refractivity contribution is 5.75. The predicted molar refractivity (Wildman–Crippen MR) is 89.2 cm³/mol. The maximum atomic E-state index is 12.9. The summed E-state index contributed by atoms with van der Waals surface area (Å²) in [4.78, 5) is 12.2. The fourth-order valence-electron chi connectivity index (χ4n) is 2.86. The van der Waals surface area contributed by atoms with Gasteiger partial charge < -0.3 is 15.4 Å². The summed E-state index contributed by atoms with van der Waals surface area (Å²) in [5.41, 5.74) is -1.23.